The second kappa shape index (κ2) is 7.83. The van der Waals surface area contributed by atoms with Gasteiger partial charge in [-0.25, -0.2) is 0 Å². The van der Waals surface area contributed by atoms with Crippen LogP contribution in [0.1, 0.15) is 32.6 Å². The van der Waals surface area contributed by atoms with Crippen molar-refractivity contribution in [2.45, 2.75) is 50.9 Å². The van der Waals surface area contributed by atoms with Crippen LogP contribution in [-0.4, -0.2) is 55.7 Å². The zero-order valence-electron chi connectivity index (χ0n) is 12.1. The van der Waals surface area contributed by atoms with E-state index in [0.717, 1.165) is 32.2 Å². The Balaban J connectivity index is 2.26. The second-order valence-corrected chi connectivity index (χ2v) is 5.37. The van der Waals surface area contributed by atoms with Crippen LogP contribution in [0.3, 0.4) is 0 Å². The second-order valence-electron chi connectivity index (χ2n) is 5.37. The van der Waals surface area contributed by atoms with Crippen LogP contribution >= 0.6 is 0 Å². The summed E-state index contributed by atoms with van der Waals surface area (Å²) in [6.07, 6.45) is -0.306. The van der Waals surface area contributed by atoms with Gasteiger partial charge in [0.25, 0.3) is 0 Å². The minimum absolute atomic E-state index is 0.0205. The molecule has 0 spiro atoms. The molecular weight excluding hydrogens is 271 g/mol. The van der Waals surface area contributed by atoms with Crippen LogP contribution in [0.15, 0.2) is 0 Å². The largest absolute Gasteiger partial charge is 0.405 e. The molecule has 0 aromatic heterocycles. The number of rotatable bonds is 6. The van der Waals surface area contributed by atoms with E-state index in [0.29, 0.717) is 6.04 Å². The summed E-state index contributed by atoms with van der Waals surface area (Å²) < 4.78 is 36.0. The van der Waals surface area contributed by atoms with Gasteiger partial charge in [-0.15, -0.1) is 0 Å². The first kappa shape index (κ1) is 17.2. The summed E-state index contributed by atoms with van der Waals surface area (Å²) >= 11 is 0. The lowest BCUT2D eigenvalue weighted by molar-refractivity contribution is -0.139. The molecule has 0 atom stereocenters. The highest BCUT2D eigenvalue weighted by Gasteiger charge is 2.29. The number of carbonyl (C=O) groups is 1. The van der Waals surface area contributed by atoms with Crippen LogP contribution in [0.5, 0.6) is 0 Å². The molecule has 1 fully saturated rings. The Labute approximate surface area is 118 Å². The summed E-state index contributed by atoms with van der Waals surface area (Å²) in [6.45, 7) is 1.79. The molecule has 4 nitrogen and oxygen atoms in total. The van der Waals surface area contributed by atoms with E-state index in [1.807, 2.05) is 10.2 Å². The summed E-state index contributed by atoms with van der Waals surface area (Å²) in [5, 5.41) is 5.30. The number of halogens is 3. The third kappa shape index (κ3) is 6.56. The van der Waals surface area contributed by atoms with E-state index in [9.17, 15) is 18.0 Å². The molecule has 1 aliphatic carbocycles. The molecule has 1 rings (SSSR count). The van der Waals surface area contributed by atoms with Crippen molar-refractivity contribution >= 4 is 5.91 Å². The van der Waals surface area contributed by atoms with E-state index in [4.69, 9.17) is 0 Å². The average Bonchev–Trinajstić information content (AvgIpc) is 2.37. The number of likely N-dealkylation sites (N-methyl/N-ethyl adjacent to an activating group) is 1. The molecule has 1 aliphatic rings. The van der Waals surface area contributed by atoms with E-state index in [1.54, 1.807) is 7.05 Å². The Morgan fingerprint density at radius 2 is 1.85 bits per heavy atom. The van der Waals surface area contributed by atoms with Crippen LogP contribution in [-0.2, 0) is 4.79 Å². The fourth-order valence-corrected chi connectivity index (χ4v) is 2.62. The van der Waals surface area contributed by atoms with Gasteiger partial charge in [-0.3, -0.25) is 9.69 Å². The first-order valence-electron chi connectivity index (χ1n) is 7.09. The third-order valence-corrected chi connectivity index (χ3v) is 3.69. The average molecular weight is 295 g/mol. The number of carbonyl (C=O) groups excluding carboxylic acids is 1. The van der Waals surface area contributed by atoms with Crippen LogP contribution < -0.4 is 10.6 Å². The molecule has 0 saturated heterocycles. The smallest absolute Gasteiger partial charge is 0.346 e. The quantitative estimate of drug-likeness (QED) is 0.781. The monoisotopic (exact) mass is 295 g/mol. The molecule has 0 aliphatic heterocycles. The van der Waals surface area contributed by atoms with Gasteiger partial charge >= 0.3 is 6.18 Å². The lowest BCUT2D eigenvalue weighted by Gasteiger charge is -2.34. The number of hydrogen-bond donors (Lipinski definition) is 2. The van der Waals surface area contributed by atoms with Crippen LogP contribution in [0.25, 0.3) is 0 Å². The molecule has 0 unspecified atom stereocenters. The number of alkyl halides is 3. The summed E-state index contributed by atoms with van der Waals surface area (Å²) in [4.78, 5) is 13.3. The lowest BCUT2D eigenvalue weighted by atomic mass is 9.90. The molecule has 20 heavy (non-hydrogen) atoms. The minimum Gasteiger partial charge on any atom is -0.346 e. The number of amides is 1. The highest BCUT2D eigenvalue weighted by Crippen LogP contribution is 2.22. The third-order valence-electron chi connectivity index (χ3n) is 3.69. The van der Waals surface area contributed by atoms with Crippen molar-refractivity contribution in [3.05, 3.63) is 0 Å². The molecule has 1 saturated carbocycles. The Kier molecular flexibility index (Phi) is 6.75. The van der Waals surface area contributed by atoms with Crippen molar-refractivity contribution in [2.24, 2.45) is 0 Å². The Morgan fingerprint density at radius 1 is 1.25 bits per heavy atom. The Morgan fingerprint density at radius 3 is 2.35 bits per heavy atom. The van der Waals surface area contributed by atoms with Gasteiger partial charge in [0.1, 0.15) is 6.54 Å². The molecule has 1 amide bonds. The van der Waals surface area contributed by atoms with Crippen molar-refractivity contribution in [1.82, 2.24) is 15.5 Å². The summed E-state index contributed by atoms with van der Waals surface area (Å²) in [6, 6.07) is 0.810. The van der Waals surface area contributed by atoms with Crippen molar-refractivity contribution in [2.75, 3.05) is 26.7 Å². The van der Waals surface area contributed by atoms with E-state index in [1.165, 1.54) is 0 Å². The van der Waals surface area contributed by atoms with Gasteiger partial charge in [0, 0.05) is 12.1 Å². The normalized spacial score (nSPS) is 23.9. The molecule has 0 radical (unpaired) electrons. The Hall–Kier alpha value is -0.820. The van der Waals surface area contributed by atoms with Gasteiger partial charge < -0.3 is 10.6 Å². The van der Waals surface area contributed by atoms with Crippen molar-refractivity contribution in [1.29, 1.82) is 0 Å². The van der Waals surface area contributed by atoms with Crippen LogP contribution in [0, 0.1) is 0 Å². The van der Waals surface area contributed by atoms with Crippen molar-refractivity contribution in [3.8, 4) is 0 Å². The molecule has 0 bridgehead atoms. The molecule has 118 valence electrons. The zero-order chi connectivity index (χ0) is 15.2. The molecule has 0 aromatic carbocycles. The van der Waals surface area contributed by atoms with E-state index in [2.05, 4.69) is 12.2 Å². The maximum atomic E-state index is 12.0. The van der Waals surface area contributed by atoms with Gasteiger partial charge in [-0.05, 0) is 39.3 Å². The van der Waals surface area contributed by atoms with Crippen LogP contribution in [0.4, 0.5) is 13.2 Å². The molecule has 7 heteroatoms. The first-order valence-corrected chi connectivity index (χ1v) is 7.09. The zero-order valence-corrected chi connectivity index (χ0v) is 12.1. The SMILES string of the molecule is CCNC1CCC(N(C)CC(=O)NCC(F)(F)F)CC1. The van der Waals surface area contributed by atoms with E-state index < -0.39 is 18.6 Å². The van der Waals surface area contributed by atoms with E-state index in [-0.39, 0.29) is 12.6 Å². The highest BCUT2D eigenvalue weighted by atomic mass is 19.4. The highest BCUT2D eigenvalue weighted by molar-refractivity contribution is 5.78. The summed E-state index contributed by atoms with van der Waals surface area (Å²) in [5.74, 6) is -0.571. The van der Waals surface area contributed by atoms with Gasteiger partial charge in [0.15, 0.2) is 0 Å². The molecule has 2 N–H and O–H groups in total. The van der Waals surface area contributed by atoms with Gasteiger partial charge in [0.2, 0.25) is 5.91 Å². The number of nitrogens with zero attached hydrogens (tertiary/aromatic N) is 1. The standard InChI is InChI=1S/C13H24F3N3O/c1-3-17-10-4-6-11(7-5-10)19(2)8-12(20)18-9-13(14,15)16/h10-11,17H,3-9H2,1-2H3,(H,18,20). The Bertz CT molecular complexity index is 302. The van der Waals surface area contributed by atoms with Gasteiger partial charge in [-0.2, -0.15) is 13.2 Å². The van der Waals surface area contributed by atoms with E-state index >= 15 is 0 Å². The van der Waals surface area contributed by atoms with Crippen molar-refractivity contribution in [3.63, 3.8) is 0 Å². The maximum Gasteiger partial charge on any atom is 0.405 e. The minimum atomic E-state index is -4.35. The number of nitrogens with one attached hydrogen (secondary N) is 2. The van der Waals surface area contributed by atoms with Crippen molar-refractivity contribution < 1.29 is 18.0 Å². The fraction of sp³-hybridized carbons (Fsp3) is 0.923. The molecule has 0 heterocycles. The topological polar surface area (TPSA) is 44.4 Å². The predicted octanol–water partition coefficient (Wildman–Crippen LogP) is 1.52. The summed E-state index contributed by atoms with van der Waals surface area (Å²) in [7, 11) is 1.80. The molecule has 0 aromatic rings. The molecular formula is C13H24F3N3O. The predicted molar refractivity (Wildman–Crippen MR) is 71.4 cm³/mol. The maximum absolute atomic E-state index is 12.0. The lowest BCUT2D eigenvalue weighted by Crippen LogP contribution is -2.45. The first-order chi connectivity index (χ1) is 9.31. The van der Waals surface area contributed by atoms with Gasteiger partial charge in [-0.1, -0.05) is 6.92 Å². The summed E-state index contributed by atoms with van der Waals surface area (Å²) in [5.41, 5.74) is 0. The number of hydrogen-bond acceptors (Lipinski definition) is 3. The van der Waals surface area contributed by atoms with Gasteiger partial charge in [0.05, 0.1) is 6.54 Å². The fourth-order valence-electron chi connectivity index (χ4n) is 2.62. The van der Waals surface area contributed by atoms with Crippen LogP contribution in [0.2, 0.25) is 0 Å².